The van der Waals surface area contributed by atoms with E-state index in [1.165, 1.54) is 24.8 Å². The Balaban J connectivity index is 2.61. The maximum Gasteiger partial charge on any atom is 0.0734 e. The molecule has 1 aliphatic rings. The zero-order valence-electron chi connectivity index (χ0n) is 5.59. The van der Waals surface area contributed by atoms with Gasteiger partial charge in [0.25, 0.3) is 0 Å². The summed E-state index contributed by atoms with van der Waals surface area (Å²) < 4.78 is -0.170. The first-order chi connectivity index (χ1) is 4.11. The fourth-order valence-corrected chi connectivity index (χ4v) is 1.51. The maximum atomic E-state index is 4.35. The molecule has 0 aromatic heterocycles. The molecule has 0 fully saturated rings. The molecule has 9 heavy (non-hydrogen) atoms. The van der Waals surface area contributed by atoms with Gasteiger partial charge in [-0.3, -0.25) is 0 Å². The average molecular weight is 160 g/mol. The molecule has 0 spiro atoms. The van der Waals surface area contributed by atoms with Gasteiger partial charge in [-0.15, -0.1) is 0 Å². The first kappa shape index (κ1) is 7.55. The molecule has 0 saturated heterocycles. The topological polar surface area (TPSA) is 0 Å². The summed E-state index contributed by atoms with van der Waals surface area (Å²) in [5.74, 6) is 0. The van der Waals surface area contributed by atoms with Crippen molar-refractivity contribution in [1.29, 1.82) is 0 Å². The van der Waals surface area contributed by atoms with Gasteiger partial charge in [0.15, 0.2) is 0 Å². The van der Waals surface area contributed by atoms with E-state index in [4.69, 9.17) is 0 Å². The van der Waals surface area contributed by atoms with E-state index in [1.54, 1.807) is 0 Å². The van der Waals surface area contributed by atoms with E-state index in [9.17, 15) is 0 Å². The Bertz CT molecular complexity index is 130. The quantitative estimate of drug-likeness (QED) is 0.329. The van der Waals surface area contributed by atoms with Crippen molar-refractivity contribution in [3.05, 3.63) is 11.6 Å². The summed E-state index contributed by atoms with van der Waals surface area (Å²) in [5, 5.41) is 0. The summed E-state index contributed by atoms with van der Waals surface area (Å²) in [5.41, 5.74) is 1.38. The predicted octanol–water partition coefficient (Wildman–Crippen LogP) is 2.67. The molecule has 0 atom stereocenters. The normalized spacial score (nSPS) is 20.1. The van der Waals surface area contributed by atoms with Crippen LogP contribution in [0.4, 0.5) is 0 Å². The molecule has 0 saturated carbocycles. The first-order valence-electron chi connectivity index (χ1n) is 3.25. The van der Waals surface area contributed by atoms with E-state index >= 15 is 0 Å². The molecule has 0 nitrogen and oxygen atoms in total. The van der Waals surface area contributed by atoms with Crippen LogP contribution in [-0.2, 0) is 0 Å². The van der Waals surface area contributed by atoms with Crippen molar-refractivity contribution in [1.82, 2.24) is 0 Å². The Labute approximate surface area is 67.5 Å². The summed E-state index contributed by atoms with van der Waals surface area (Å²) in [7, 11) is 0. The van der Waals surface area contributed by atoms with E-state index in [0.717, 1.165) is 0 Å². The molecule has 0 aliphatic heterocycles. The second kappa shape index (κ2) is 2.59. The zero-order valence-corrected chi connectivity index (χ0v) is 7.38. The fourth-order valence-electron chi connectivity index (χ4n) is 1.10. The Morgan fingerprint density at radius 2 is 2.22 bits per heavy atom. The van der Waals surface area contributed by atoms with Crippen LogP contribution in [0.1, 0.15) is 26.2 Å². The van der Waals surface area contributed by atoms with Crippen molar-refractivity contribution in [2.24, 2.45) is 0 Å². The molecule has 0 amide bonds. The van der Waals surface area contributed by atoms with Crippen LogP contribution in [0.15, 0.2) is 11.6 Å². The smallest absolute Gasteiger partial charge is 0.0734 e. The summed E-state index contributed by atoms with van der Waals surface area (Å²) in [6.07, 6.45) is 5.93. The number of hydrogen-bond acceptors (Lipinski definition) is 2. The van der Waals surface area contributed by atoms with Gasteiger partial charge in [-0.25, -0.2) is 0 Å². The Morgan fingerprint density at radius 1 is 1.56 bits per heavy atom. The second-order valence-corrected chi connectivity index (χ2v) is 4.78. The Hall–Kier alpha value is 0.440. The van der Waals surface area contributed by atoms with E-state index in [1.807, 2.05) is 6.92 Å². The summed E-state index contributed by atoms with van der Waals surface area (Å²) in [6.45, 7) is 2.02. The fraction of sp³-hybridized carbons (Fsp3) is 0.714. The van der Waals surface area contributed by atoms with Crippen molar-refractivity contribution in [2.75, 3.05) is 0 Å². The second-order valence-electron chi connectivity index (χ2n) is 2.64. The Kier molecular flexibility index (Phi) is 2.17. The van der Waals surface area contributed by atoms with Crippen LogP contribution in [0.2, 0.25) is 0 Å². The van der Waals surface area contributed by atoms with Crippen molar-refractivity contribution < 1.29 is 0 Å². The molecule has 0 aromatic rings. The Morgan fingerprint density at radius 3 is 2.44 bits per heavy atom. The molecule has 0 heterocycles. The molecule has 0 aromatic carbocycles. The van der Waals surface area contributed by atoms with Crippen LogP contribution in [0.25, 0.3) is 0 Å². The van der Waals surface area contributed by atoms with E-state index in [0.29, 0.717) is 0 Å². The third-order valence-corrected chi connectivity index (χ3v) is 2.22. The lowest BCUT2D eigenvalue weighted by molar-refractivity contribution is 0.873. The highest BCUT2D eigenvalue weighted by molar-refractivity contribution is 8.00. The van der Waals surface area contributed by atoms with Crippen LogP contribution in [0, 0.1) is 0 Å². The van der Waals surface area contributed by atoms with Gasteiger partial charge in [0.1, 0.15) is 0 Å². The summed E-state index contributed by atoms with van der Waals surface area (Å²) in [6, 6.07) is 0. The standard InChI is InChI=1S/C7H12S2/c1-7(8,9)6-4-2-3-5-6/h4,8-9H,2-3,5H2,1H3. The SMILES string of the molecule is CC(S)(S)C1=CCCC1. The average Bonchev–Trinajstić information content (AvgIpc) is 2.08. The lowest BCUT2D eigenvalue weighted by Gasteiger charge is -2.17. The van der Waals surface area contributed by atoms with Crippen LogP contribution in [0.5, 0.6) is 0 Å². The molecule has 52 valence electrons. The maximum absolute atomic E-state index is 4.35. The highest BCUT2D eigenvalue weighted by Gasteiger charge is 2.20. The minimum atomic E-state index is -0.170. The van der Waals surface area contributed by atoms with Crippen LogP contribution < -0.4 is 0 Å². The van der Waals surface area contributed by atoms with Gasteiger partial charge < -0.3 is 0 Å². The van der Waals surface area contributed by atoms with Gasteiger partial charge in [0.2, 0.25) is 0 Å². The van der Waals surface area contributed by atoms with Crippen molar-refractivity contribution in [3.63, 3.8) is 0 Å². The molecular weight excluding hydrogens is 148 g/mol. The minimum absolute atomic E-state index is 0.170. The molecule has 2 heteroatoms. The molecular formula is C7H12S2. The van der Waals surface area contributed by atoms with Gasteiger partial charge in [-0.05, 0) is 31.8 Å². The predicted molar refractivity (Wildman–Crippen MR) is 48.3 cm³/mol. The van der Waals surface area contributed by atoms with Crippen LogP contribution in [0.3, 0.4) is 0 Å². The van der Waals surface area contributed by atoms with Crippen LogP contribution in [-0.4, -0.2) is 4.08 Å². The van der Waals surface area contributed by atoms with Gasteiger partial charge in [0, 0.05) is 0 Å². The van der Waals surface area contributed by atoms with E-state index in [-0.39, 0.29) is 4.08 Å². The molecule has 0 bridgehead atoms. The first-order valence-corrected chi connectivity index (χ1v) is 4.14. The van der Waals surface area contributed by atoms with Gasteiger partial charge in [-0.1, -0.05) is 6.08 Å². The number of rotatable bonds is 1. The number of thiol groups is 2. The minimum Gasteiger partial charge on any atom is -0.158 e. The van der Waals surface area contributed by atoms with Crippen molar-refractivity contribution in [2.45, 2.75) is 30.3 Å². The summed E-state index contributed by atoms with van der Waals surface area (Å²) in [4.78, 5) is 0. The third kappa shape index (κ3) is 1.94. The lowest BCUT2D eigenvalue weighted by atomic mass is 10.2. The number of hydrogen-bond donors (Lipinski definition) is 2. The number of allylic oxidation sites excluding steroid dienone is 1. The molecule has 1 rings (SSSR count). The zero-order chi connectivity index (χ0) is 6.91. The van der Waals surface area contributed by atoms with Crippen molar-refractivity contribution >= 4 is 25.3 Å². The van der Waals surface area contributed by atoms with E-state index < -0.39 is 0 Å². The molecule has 0 N–H and O–H groups in total. The largest absolute Gasteiger partial charge is 0.158 e. The lowest BCUT2D eigenvalue weighted by Crippen LogP contribution is -2.08. The highest BCUT2D eigenvalue weighted by atomic mass is 32.2. The third-order valence-electron chi connectivity index (χ3n) is 1.65. The van der Waals surface area contributed by atoms with Gasteiger partial charge in [0.05, 0.1) is 4.08 Å². The molecule has 0 radical (unpaired) electrons. The van der Waals surface area contributed by atoms with E-state index in [2.05, 4.69) is 31.3 Å². The molecule has 1 aliphatic carbocycles. The van der Waals surface area contributed by atoms with Crippen LogP contribution >= 0.6 is 25.3 Å². The van der Waals surface area contributed by atoms with Gasteiger partial charge >= 0.3 is 0 Å². The highest BCUT2D eigenvalue weighted by Crippen LogP contribution is 2.35. The van der Waals surface area contributed by atoms with Gasteiger partial charge in [-0.2, -0.15) is 25.3 Å². The van der Waals surface area contributed by atoms with Crippen molar-refractivity contribution in [3.8, 4) is 0 Å². The molecule has 0 unspecified atom stereocenters. The summed E-state index contributed by atoms with van der Waals surface area (Å²) >= 11 is 8.69. The monoisotopic (exact) mass is 160 g/mol.